The quantitative estimate of drug-likeness (QED) is 0.835. The highest BCUT2D eigenvalue weighted by molar-refractivity contribution is 6.31. The van der Waals surface area contributed by atoms with E-state index in [4.69, 9.17) is 11.6 Å². The molecule has 2 aliphatic rings. The lowest BCUT2D eigenvalue weighted by molar-refractivity contribution is -0.156. The minimum Gasteiger partial charge on any atom is -0.379 e. The summed E-state index contributed by atoms with van der Waals surface area (Å²) in [6.07, 6.45) is 3.57. The zero-order chi connectivity index (χ0) is 16.4. The van der Waals surface area contributed by atoms with Gasteiger partial charge < -0.3 is 15.3 Å². The van der Waals surface area contributed by atoms with E-state index in [0.717, 1.165) is 19.5 Å². The average molecular weight is 341 g/mol. The van der Waals surface area contributed by atoms with Crippen molar-refractivity contribution in [1.82, 2.24) is 10.2 Å². The lowest BCUT2D eigenvalue weighted by atomic mass is 9.91. The molecule has 1 aliphatic heterocycles. The molecule has 126 valence electrons. The molecule has 0 bridgehead atoms. The fraction of sp³-hybridized carbons (Fsp3) is 0.588. The molecule has 6 heteroatoms. The summed E-state index contributed by atoms with van der Waals surface area (Å²) in [6, 6.07) is 4.52. The summed E-state index contributed by atoms with van der Waals surface area (Å²) < 4.78 is 13.7. The van der Waals surface area contributed by atoms with Gasteiger partial charge in [-0.15, -0.1) is 0 Å². The standard InChI is InChI=1S/C17H22ClFN2O2/c18-14-3-1-4-15(19)13(14)9-20-11-17(23)7-2-8-21(16(17)22)10-12-5-6-12/h1,3-4,12,20,23H,2,5-11H2/t17-/m0/s1. The van der Waals surface area contributed by atoms with E-state index in [-0.39, 0.29) is 24.8 Å². The van der Waals surface area contributed by atoms with Crippen molar-refractivity contribution in [3.63, 3.8) is 0 Å². The van der Waals surface area contributed by atoms with Crippen LogP contribution in [0, 0.1) is 11.7 Å². The largest absolute Gasteiger partial charge is 0.379 e. The molecule has 0 aromatic heterocycles. The van der Waals surface area contributed by atoms with Crippen LogP contribution in [0.5, 0.6) is 0 Å². The van der Waals surface area contributed by atoms with Crippen LogP contribution >= 0.6 is 11.6 Å². The van der Waals surface area contributed by atoms with Crippen LogP contribution < -0.4 is 5.32 Å². The van der Waals surface area contributed by atoms with Gasteiger partial charge in [0.2, 0.25) is 0 Å². The van der Waals surface area contributed by atoms with Gasteiger partial charge in [0.05, 0.1) is 0 Å². The second-order valence-electron chi connectivity index (χ2n) is 6.63. The normalized spacial score (nSPS) is 25.0. The molecule has 1 aromatic carbocycles. The number of carbonyl (C=O) groups is 1. The first-order valence-corrected chi connectivity index (χ1v) is 8.53. The highest BCUT2D eigenvalue weighted by Crippen LogP contribution is 2.32. The zero-order valence-electron chi connectivity index (χ0n) is 13.0. The number of hydrogen-bond acceptors (Lipinski definition) is 3. The SMILES string of the molecule is O=C1N(CC2CC2)CCC[C@]1(O)CNCc1c(F)cccc1Cl. The fourth-order valence-electron chi connectivity index (χ4n) is 3.11. The van der Waals surface area contributed by atoms with Crippen LogP contribution in [0.2, 0.25) is 5.02 Å². The third-order valence-electron chi connectivity index (χ3n) is 4.66. The van der Waals surface area contributed by atoms with E-state index in [0.29, 0.717) is 22.9 Å². The molecule has 1 aliphatic carbocycles. The van der Waals surface area contributed by atoms with E-state index in [9.17, 15) is 14.3 Å². The van der Waals surface area contributed by atoms with Gasteiger partial charge in [-0.2, -0.15) is 0 Å². The van der Waals surface area contributed by atoms with Crippen LogP contribution in [-0.2, 0) is 11.3 Å². The maximum absolute atomic E-state index is 13.7. The van der Waals surface area contributed by atoms with E-state index in [1.54, 1.807) is 17.0 Å². The van der Waals surface area contributed by atoms with Gasteiger partial charge in [0.15, 0.2) is 5.60 Å². The number of nitrogens with one attached hydrogen (secondary N) is 1. The molecule has 3 rings (SSSR count). The maximum atomic E-state index is 13.7. The van der Waals surface area contributed by atoms with Crippen LogP contribution in [0.3, 0.4) is 0 Å². The molecule has 1 heterocycles. The smallest absolute Gasteiger partial charge is 0.255 e. The lowest BCUT2D eigenvalue weighted by Gasteiger charge is -2.38. The number of nitrogens with zero attached hydrogens (tertiary/aromatic N) is 1. The number of halogens is 2. The van der Waals surface area contributed by atoms with Crippen molar-refractivity contribution in [2.24, 2.45) is 5.92 Å². The van der Waals surface area contributed by atoms with Gasteiger partial charge in [0, 0.05) is 36.8 Å². The Morgan fingerprint density at radius 1 is 1.43 bits per heavy atom. The van der Waals surface area contributed by atoms with E-state index in [2.05, 4.69) is 5.32 Å². The lowest BCUT2D eigenvalue weighted by Crippen LogP contribution is -2.58. The molecular weight excluding hydrogens is 319 g/mol. The van der Waals surface area contributed by atoms with Gasteiger partial charge in [-0.1, -0.05) is 17.7 Å². The maximum Gasteiger partial charge on any atom is 0.255 e. The van der Waals surface area contributed by atoms with Crippen LogP contribution in [0.15, 0.2) is 18.2 Å². The van der Waals surface area contributed by atoms with Crippen molar-refractivity contribution in [3.05, 3.63) is 34.6 Å². The Kier molecular flexibility index (Phi) is 4.90. The molecule has 23 heavy (non-hydrogen) atoms. The van der Waals surface area contributed by atoms with Crippen LogP contribution in [0.25, 0.3) is 0 Å². The van der Waals surface area contributed by atoms with Crippen LogP contribution in [0.4, 0.5) is 4.39 Å². The predicted molar refractivity (Wildman–Crippen MR) is 86.6 cm³/mol. The number of hydrogen-bond donors (Lipinski definition) is 2. The molecule has 1 saturated heterocycles. The summed E-state index contributed by atoms with van der Waals surface area (Å²) in [5, 5.41) is 14.0. The van der Waals surface area contributed by atoms with E-state index < -0.39 is 5.60 Å². The highest BCUT2D eigenvalue weighted by Gasteiger charge is 2.43. The van der Waals surface area contributed by atoms with Gasteiger partial charge in [-0.05, 0) is 43.7 Å². The van der Waals surface area contributed by atoms with Crippen molar-refractivity contribution in [1.29, 1.82) is 0 Å². The minimum atomic E-state index is -1.40. The summed E-state index contributed by atoms with van der Waals surface area (Å²) in [6.45, 7) is 1.76. The number of carbonyl (C=O) groups excluding carboxylic acids is 1. The van der Waals surface area contributed by atoms with E-state index >= 15 is 0 Å². The highest BCUT2D eigenvalue weighted by atomic mass is 35.5. The molecule has 1 amide bonds. The molecule has 1 saturated carbocycles. The number of benzene rings is 1. The zero-order valence-corrected chi connectivity index (χ0v) is 13.8. The second-order valence-corrected chi connectivity index (χ2v) is 7.04. The Hall–Kier alpha value is -1.17. The van der Waals surface area contributed by atoms with Gasteiger partial charge in [0.25, 0.3) is 5.91 Å². The monoisotopic (exact) mass is 340 g/mol. The van der Waals surface area contributed by atoms with Crippen molar-refractivity contribution in [3.8, 4) is 0 Å². The third-order valence-corrected chi connectivity index (χ3v) is 5.01. The Morgan fingerprint density at radius 2 is 2.22 bits per heavy atom. The van der Waals surface area contributed by atoms with Crippen molar-refractivity contribution in [2.45, 2.75) is 37.8 Å². The predicted octanol–water partition coefficient (Wildman–Crippen LogP) is 2.33. The molecule has 2 N–H and O–H groups in total. The van der Waals surface area contributed by atoms with E-state index in [1.807, 2.05) is 0 Å². The van der Waals surface area contributed by atoms with Crippen molar-refractivity contribution in [2.75, 3.05) is 19.6 Å². The van der Waals surface area contributed by atoms with E-state index in [1.165, 1.54) is 18.9 Å². The molecule has 4 nitrogen and oxygen atoms in total. The molecular formula is C17H22ClFN2O2. The third kappa shape index (κ3) is 3.84. The van der Waals surface area contributed by atoms with Crippen molar-refractivity contribution >= 4 is 17.5 Å². The Balaban J connectivity index is 1.58. The summed E-state index contributed by atoms with van der Waals surface area (Å²) in [5.41, 5.74) is -1.04. The summed E-state index contributed by atoms with van der Waals surface area (Å²) in [5.74, 6) is 0.0107. The Morgan fingerprint density at radius 3 is 2.91 bits per heavy atom. The molecule has 0 unspecified atom stereocenters. The molecule has 1 atom stereocenters. The molecule has 1 aromatic rings. The molecule has 2 fully saturated rings. The Labute approximate surface area is 140 Å². The summed E-state index contributed by atoms with van der Waals surface area (Å²) in [4.78, 5) is 14.3. The first-order chi connectivity index (χ1) is 11.0. The first-order valence-electron chi connectivity index (χ1n) is 8.15. The fourth-order valence-corrected chi connectivity index (χ4v) is 3.34. The number of aliphatic hydroxyl groups is 1. The van der Waals surface area contributed by atoms with Gasteiger partial charge >= 0.3 is 0 Å². The first kappa shape index (κ1) is 16.7. The number of likely N-dealkylation sites (tertiary alicyclic amines) is 1. The average Bonchev–Trinajstić information content (AvgIpc) is 3.31. The van der Waals surface area contributed by atoms with Gasteiger partial charge in [0.1, 0.15) is 5.82 Å². The van der Waals surface area contributed by atoms with Crippen molar-refractivity contribution < 1.29 is 14.3 Å². The van der Waals surface area contributed by atoms with Gasteiger partial charge in [-0.3, -0.25) is 4.79 Å². The molecule has 0 spiro atoms. The second kappa shape index (κ2) is 6.75. The Bertz CT molecular complexity index is 574. The van der Waals surface area contributed by atoms with Crippen LogP contribution in [-0.4, -0.2) is 41.1 Å². The minimum absolute atomic E-state index is 0.109. The summed E-state index contributed by atoms with van der Waals surface area (Å²) in [7, 11) is 0. The van der Waals surface area contributed by atoms with Gasteiger partial charge in [-0.25, -0.2) is 4.39 Å². The number of piperidine rings is 1. The number of amides is 1. The summed E-state index contributed by atoms with van der Waals surface area (Å²) >= 11 is 5.98. The topological polar surface area (TPSA) is 52.6 Å². The van der Waals surface area contributed by atoms with Crippen LogP contribution in [0.1, 0.15) is 31.2 Å². The number of rotatable bonds is 6. The molecule has 0 radical (unpaired) electrons.